The number of aromatic nitrogens is 2. The number of carbonyl (C=O) groups excluding carboxylic acids is 1. The molecule has 6 nitrogen and oxygen atoms in total. The molecule has 0 unspecified atom stereocenters. The Bertz CT molecular complexity index is 928. The SMILES string of the molecule is COc1ccc2cc(C(=O)Nc3cccnc3N3CCCCC3)[nH]c2c1. The van der Waals surface area contributed by atoms with Gasteiger partial charge in [-0.25, -0.2) is 4.98 Å². The van der Waals surface area contributed by atoms with E-state index in [9.17, 15) is 4.79 Å². The number of benzene rings is 1. The van der Waals surface area contributed by atoms with Crippen LogP contribution in [0.15, 0.2) is 42.6 Å². The van der Waals surface area contributed by atoms with E-state index in [1.807, 2.05) is 36.4 Å². The Morgan fingerprint density at radius 3 is 2.85 bits per heavy atom. The van der Waals surface area contributed by atoms with E-state index in [1.165, 1.54) is 6.42 Å². The van der Waals surface area contributed by atoms with E-state index in [4.69, 9.17) is 4.74 Å². The van der Waals surface area contributed by atoms with E-state index in [0.29, 0.717) is 5.69 Å². The van der Waals surface area contributed by atoms with Gasteiger partial charge < -0.3 is 19.9 Å². The van der Waals surface area contributed by atoms with Crippen LogP contribution >= 0.6 is 0 Å². The lowest BCUT2D eigenvalue weighted by Gasteiger charge is -2.29. The van der Waals surface area contributed by atoms with E-state index in [1.54, 1.807) is 13.3 Å². The largest absolute Gasteiger partial charge is 0.497 e. The second kappa shape index (κ2) is 7.07. The summed E-state index contributed by atoms with van der Waals surface area (Å²) in [5, 5.41) is 3.98. The summed E-state index contributed by atoms with van der Waals surface area (Å²) in [7, 11) is 1.63. The van der Waals surface area contributed by atoms with Crippen molar-refractivity contribution in [2.75, 3.05) is 30.4 Å². The standard InChI is InChI=1S/C20H22N4O2/c1-26-15-8-7-14-12-18(22-17(14)13-15)20(25)23-16-6-5-9-21-19(16)24-10-3-2-4-11-24/h5-9,12-13,22H,2-4,10-11H2,1H3,(H,23,25). The van der Waals surface area contributed by atoms with Gasteiger partial charge in [0.15, 0.2) is 5.82 Å². The molecule has 0 radical (unpaired) electrons. The predicted molar refractivity (Wildman–Crippen MR) is 103 cm³/mol. The van der Waals surface area contributed by atoms with Crippen LogP contribution in [0.4, 0.5) is 11.5 Å². The summed E-state index contributed by atoms with van der Waals surface area (Å²) < 4.78 is 5.24. The summed E-state index contributed by atoms with van der Waals surface area (Å²) in [4.78, 5) is 22.7. The highest BCUT2D eigenvalue weighted by atomic mass is 16.5. The number of pyridine rings is 1. The van der Waals surface area contributed by atoms with Crippen molar-refractivity contribution in [3.05, 3.63) is 48.3 Å². The van der Waals surface area contributed by atoms with Crippen LogP contribution < -0.4 is 15.0 Å². The number of nitrogens with zero attached hydrogens (tertiary/aromatic N) is 2. The molecule has 1 saturated heterocycles. The highest BCUT2D eigenvalue weighted by Gasteiger charge is 2.18. The number of anilines is 2. The van der Waals surface area contributed by atoms with Crippen LogP contribution in [0.25, 0.3) is 10.9 Å². The summed E-state index contributed by atoms with van der Waals surface area (Å²) in [6, 6.07) is 11.3. The van der Waals surface area contributed by atoms with Crippen molar-refractivity contribution in [3.8, 4) is 5.75 Å². The normalized spacial score (nSPS) is 14.4. The van der Waals surface area contributed by atoms with Gasteiger partial charge in [-0.1, -0.05) is 0 Å². The van der Waals surface area contributed by atoms with Crippen LogP contribution in [0.3, 0.4) is 0 Å². The fourth-order valence-corrected chi connectivity index (χ4v) is 3.40. The Morgan fingerprint density at radius 1 is 1.19 bits per heavy atom. The molecule has 2 aromatic heterocycles. The van der Waals surface area contributed by atoms with Crippen LogP contribution in [0.5, 0.6) is 5.75 Å². The van der Waals surface area contributed by atoms with Gasteiger partial charge in [0.1, 0.15) is 11.4 Å². The van der Waals surface area contributed by atoms with Crippen molar-refractivity contribution < 1.29 is 9.53 Å². The van der Waals surface area contributed by atoms with Gasteiger partial charge in [-0.2, -0.15) is 0 Å². The van der Waals surface area contributed by atoms with Crippen molar-refractivity contribution in [3.63, 3.8) is 0 Å². The highest BCUT2D eigenvalue weighted by Crippen LogP contribution is 2.27. The zero-order valence-electron chi connectivity index (χ0n) is 14.8. The zero-order chi connectivity index (χ0) is 17.9. The third-order valence-corrected chi connectivity index (χ3v) is 4.76. The number of piperidine rings is 1. The van der Waals surface area contributed by atoms with Crippen molar-refractivity contribution in [1.29, 1.82) is 0 Å². The number of hydrogen-bond donors (Lipinski definition) is 2. The summed E-state index contributed by atoms with van der Waals surface area (Å²) in [5.41, 5.74) is 2.13. The minimum Gasteiger partial charge on any atom is -0.497 e. The fourth-order valence-electron chi connectivity index (χ4n) is 3.40. The number of methoxy groups -OCH3 is 1. The monoisotopic (exact) mass is 350 g/mol. The Hall–Kier alpha value is -3.02. The van der Waals surface area contributed by atoms with Crippen molar-refractivity contribution in [2.45, 2.75) is 19.3 Å². The third-order valence-electron chi connectivity index (χ3n) is 4.76. The number of nitrogens with one attached hydrogen (secondary N) is 2. The molecule has 1 aliphatic rings. The molecule has 2 N–H and O–H groups in total. The van der Waals surface area contributed by atoms with Crippen molar-refractivity contribution >= 4 is 28.3 Å². The van der Waals surface area contributed by atoms with Crippen LogP contribution in [0.1, 0.15) is 29.8 Å². The summed E-state index contributed by atoms with van der Waals surface area (Å²) in [5.74, 6) is 1.43. The Kier molecular flexibility index (Phi) is 4.48. The minimum atomic E-state index is -0.175. The lowest BCUT2D eigenvalue weighted by atomic mass is 10.1. The number of rotatable bonds is 4. The second-order valence-corrected chi connectivity index (χ2v) is 6.51. The van der Waals surface area contributed by atoms with Crippen molar-refractivity contribution in [2.24, 2.45) is 0 Å². The van der Waals surface area contributed by atoms with Gasteiger partial charge in [-0.05, 0) is 49.6 Å². The molecule has 0 atom stereocenters. The maximum atomic E-state index is 12.8. The third kappa shape index (κ3) is 3.22. The summed E-state index contributed by atoms with van der Waals surface area (Å²) in [6.07, 6.45) is 5.35. The molecule has 3 aromatic rings. The molecule has 134 valence electrons. The Morgan fingerprint density at radius 2 is 2.04 bits per heavy atom. The van der Waals surface area contributed by atoms with Crippen molar-refractivity contribution in [1.82, 2.24) is 9.97 Å². The van der Waals surface area contributed by atoms with Gasteiger partial charge in [0.05, 0.1) is 12.8 Å². The van der Waals surface area contributed by atoms with Crippen LogP contribution in [0.2, 0.25) is 0 Å². The molecule has 3 heterocycles. The molecule has 26 heavy (non-hydrogen) atoms. The van der Waals surface area contributed by atoms with E-state index >= 15 is 0 Å². The molecule has 1 fully saturated rings. The molecule has 0 spiro atoms. The molecule has 0 saturated carbocycles. The van der Waals surface area contributed by atoms with E-state index in [-0.39, 0.29) is 5.91 Å². The van der Waals surface area contributed by atoms with Crippen LogP contribution in [0, 0.1) is 0 Å². The minimum absolute atomic E-state index is 0.175. The lowest BCUT2D eigenvalue weighted by molar-refractivity contribution is 0.102. The maximum Gasteiger partial charge on any atom is 0.272 e. The smallest absolute Gasteiger partial charge is 0.272 e. The van der Waals surface area contributed by atoms with E-state index < -0.39 is 0 Å². The number of amides is 1. The average Bonchev–Trinajstić information content (AvgIpc) is 3.12. The first kappa shape index (κ1) is 16.4. The molecular formula is C20H22N4O2. The molecule has 0 aliphatic carbocycles. The van der Waals surface area contributed by atoms with Gasteiger partial charge >= 0.3 is 0 Å². The first-order valence-electron chi connectivity index (χ1n) is 8.93. The molecule has 1 aromatic carbocycles. The molecular weight excluding hydrogens is 328 g/mol. The molecule has 1 amide bonds. The number of aromatic amines is 1. The number of ether oxygens (including phenoxy) is 1. The topological polar surface area (TPSA) is 70.2 Å². The zero-order valence-corrected chi connectivity index (χ0v) is 14.8. The highest BCUT2D eigenvalue weighted by molar-refractivity contribution is 6.07. The van der Waals surface area contributed by atoms with Crippen LogP contribution in [-0.4, -0.2) is 36.1 Å². The van der Waals surface area contributed by atoms with Gasteiger partial charge in [-0.3, -0.25) is 4.79 Å². The number of carbonyl (C=O) groups is 1. The van der Waals surface area contributed by atoms with Gasteiger partial charge in [0, 0.05) is 36.3 Å². The fraction of sp³-hybridized carbons (Fsp3) is 0.300. The summed E-state index contributed by atoms with van der Waals surface area (Å²) in [6.45, 7) is 1.96. The lowest BCUT2D eigenvalue weighted by Crippen LogP contribution is -2.31. The quantitative estimate of drug-likeness (QED) is 0.750. The first-order valence-corrected chi connectivity index (χ1v) is 8.93. The Balaban J connectivity index is 1.58. The average molecular weight is 350 g/mol. The van der Waals surface area contributed by atoms with Crippen LogP contribution in [-0.2, 0) is 0 Å². The predicted octanol–water partition coefficient (Wildman–Crippen LogP) is 3.81. The molecule has 0 bridgehead atoms. The Labute approximate surface area is 152 Å². The number of fused-ring (bicyclic) bond motifs is 1. The second-order valence-electron chi connectivity index (χ2n) is 6.51. The van der Waals surface area contributed by atoms with E-state index in [0.717, 1.165) is 54.1 Å². The van der Waals surface area contributed by atoms with Gasteiger partial charge in [0.25, 0.3) is 5.91 Å². The maximum absolute atomic E-state index is 12.8. The first-order chi connectivity index (χ1) is 12.7. The molecule has 6 heteroatoms. The van der Waals surface area contributed by atoms with E-state index in [2.05, 4.69) is 20.2 Å². The summed E-state index contributed by atoms with van der Waals surface area (Å²) >= 11 is 0. The van der Waals surface area contributed by atoms with Gasteiger partial charge in [0.2, 0.25) is 0 Å². The molecule has 4 rings (SSSR count). The molecule has 1 aliphatic heterocycles. The number of H-pyrrole nitrogens is 1. The van der Waals surface area contributed by atoms with Gasteiger partial charge in [-0.15, -0.1) is 0 Å². The number of hydrogen-bond acceptors (Lipinski definition) is 4.